The zero-order valence-electron chi connectivity index (χ0n) is 10.0. The number of nitrogens with zero attached hydrogens (tertiary/aromatic N) is 1. The van der Waals surface area contributed by atoms with Gasteiger partial charge in [0.25, 0.3) is 5.69 Å². The van der Waals surface area contributed by atoms with Crippen molar-refractivity contribution in [3.63, 3.8) is 0 Å². The van der Waals surface area contributed by atoms with Crippen molar-refractivity contribution < 1.29 is 14.5 Å². The molecule has 0 saturated carbocycles. The molecule has 98 valence electrons. The van der Waals surface area contributed by atoms with Gasteiger partial charge in [0, 0.05) is 18.0 Å². The highest BCUT2D eigenvalue weighted by Gasteiger charge is 2.15. The molecule has 0 radical (unpaired) electrons. The molecule has 0 bridgehead atoms. The molecule has 0 N–H and O–H groups in total. The van der Waals surface area contributed by atoms with Crippen LogP contribution >= 0.6 is 11.6 Å². The number of nitro benzene ring substituents is 1. The summed E-state index contributed by atoms with van der Waals surface area (Å²) in [6.07, 6.45) is 1.29. The normalized spacial score (nSPS) is 10.1. The number of hydrogen-bond acceptors (Lipinski definition) is 4. The van der Waals surface area contributed by atoms with E-state index in [0.29, 0.717) is 24.3 Å². The lowest BCUT2D eigenvalue weighted by molar-refractivity contribution is -0.384. The number of non-ortho nitro benzene ring substituents is 1. The quantitative estimate of drug-likeness (QED) is 0.345. The van der Waals surface area contributed by atoms with Gasteiger partial charge in [-0.15, -0.1) is 11.6 Å². The summed E-state index contributed by atoms with van der Waals surface area (Å²) in [5, 5.41) is 10.8. The van der Waals surface area contributed by atoms with E-state index in [1.54, 1.807) is 13.0 Å². The molecule has 0 unspecified atom stereocenters. The van der Waals surface area contributed by atoms with E-state index in [4.69, 9.17) is 16.3 Å². The highest BCUT2D eigenvalue weighted by Crippen LogP contribution is 2.19. The molecule has 18 heavy (non-hydrogen) atoms. The zero-order valence-corrected chi connectivity index (χ0v) is 10.8. The Balaban J connectivity index is 3.05. The Kier molecular flexibility index (Phi) is 5.58. The molecule has 0 aliphatic carbocycles. The lowest BCUT2D eigenvalue weighted by atomic mass is 10.1. The van der Waals surface area contributed by atoms with E-state index in [1.807, 2.05) is 0 Å². The largest absolute Gasteiger partial charge is 0.462 e. The fourth-order valence-corrected chi connectivity index (χ4v) is 1.66. The van der Waals surface area contributed by atoms with Gasteiger partial charge >= 0.3 is 5.97 Å². The second-order valence-corrected chi connectivity index (χ2v) is 4.04. The molecule has 0 fully saturated rings. The number of hydrogen-bond donors (Lipinski definition) is 0. The second-order valence-electron chi connectivity index (χ2n) is 3.66. The van der Waals surface area contributed by atoms with Gasteiger partial charge in [-0.3, -0.25) is 10.1 Å². The Morgan fingerprint density at radius 3 is 2.72 bits per heavy atom. The fraction of sp³-hybridized carbons (Fsp3) is 0.417. The van der Waals surface area contributed by atoms with E-state index in [-0.39, 0.29) is 17.9 Å². The van der Waals surface area contributed by atoms with Gasteiger partial charge in [0.2, 0.25) is 0 Å². The molecule has 1 aromatic rings. The van der Waals surface area contributed by atoms with Crippen molar-refractivity contribution in [2.24, 2.45) is 0 Å². The van der Waals surface area contributed by atoms with E-state index in [9.17, 15) is 14.9 Å². The molecular weight excluding hydrogens is 258 g/mol. The number of ether oxygens (including phenoxy) is 1. The van der Waals surface area contributed by atoms with Gasteiger partial charge in [-0.25, -0.2) is 4.79 Å². The first-order valence-corrected chi connectivity index (χ1v) is 6.13. The van der Waals surface area contributed by atoms with Crippen LogP contribution in [-0.4, -0.2) is 23.4 Å². The fourth-order valence-electron chi connectivity index (χ4n) is 1.53. The Morgan fingerprint density at radius 2 is 2.17 bits per heavy atom. The monoisotopic (exact) mass is 271 g/mol. The molecule has 0 saturated heterocycles. The molecule has 5 nitrogen and oxygen atoms in total. The molecule has 1 aromatic carbocycles. The summed E-state index contributed by atoms with van der Waals surface area (Å²) >= 11 is 5.58. The van der Waals surface area contributed by atoms with Gasteiger partial charge in [-0.05, 0) is 31.4 Å². The lowest BCUT2D eigenvalue weighted by Gasteiger charge is -2.05. The van der Waals surface area contributed by atoms with Crippen molar-refractivity contribution in [3.05, 3.63) is 39.4 Å². The number of carbonyl (C=O) groups excluding carboxylic acids is 1. The minimum atomic E-state index is -0.548. The summed E-state index contributed by atoms with van der Waals surface area (Å²) in [5.41, 5.74) is 0.814. The van der Waals surface area contributed by atoms with Gasteiger partial charge in [0.05, 0.1) is 17.1 Å². The van der Waals surface area contributed by atoms with Gasteiger partial charge in [0.15, 0.2) is 0 Å². The minimum absolute atomic E-state index is 0.106. The Bertz CT molecular complexity index is 448. The van der Waals surface area contributed by atoms with E-state index < -0.39 is 10.9 Å². The number of rotatable bonds is 6. The third-order valence-corrected chi connectivity index (χ3v) is 2.57. The van der Waals surface area contributed by atoms with Crippen LogP contribution in [0.15, 0.2) is 18.2 Å². The number of carbonyl (C=O) groups is 1. The van der Waals surface area contributed by atoms with Crippen molar-refractivity contribution in [3.8, 4) is 0 Å². The van der Waals surface area contributed by atoms with Crippen LogP contribution in [0.3, 0.4) is 0 Å². The maximum atomic E-state index is 11.6. The number of esters is 1. The molecule has 0 aliphatic rings. The van der Waals surface area contributed by atoms with Crippen molar-refractivity contribution in [2.45, 2.75) is 19.8 Å². The maximum absolute atomic E-state index is 11.6. The average Bonchev–Trinajstić information content (AvgIpc) is 2.36. The first-order chi connectivity index (χ1) is 8.58. The number of halogens is 1. The van der Waals surface area contributed by atoms with E-state index >= 15 is 0 Å². The number of nitro groups is 1. The topological polar surface area (TPSA) is 69.4 Å². The second kappa shape index (κ2) is 6.96. The van der Waals surface area contributed by atoms with Crippen molar-refractivity contribution in [1.82, 2.24) is 0 Å². The first kappa shape index (κ1) is 14.4. The summed E-state index contributed by atoms with van der Waals surface area (Å²) in [4.78, 5) is 21.8. The van der Waals surface area contributed by atoms with E-state index in [0.717, 1.165) is 0 Å². The Labute approximate surface area is 110 Å². The van der Waals surface area contributed by atoms with Crippen LogP contribution in [-0.2, 0) is 11.2 Å². The Morgan fingerprint density at radius 1 is 1.44 bits per heavy atom. The standard InChI is InChI=1S/C12H14ClNO4/c1-2-18-12(15)10-6-9(4-3-5-13)7-11(8-10)14(16)17/h6-8H,2-5H2,1H3. The van der Waals surface area contributed by atoms with Gasteiger partial charge in [-0.2, -0.15) is 0 Å². The number of benzene rings is 1. The SMILES string of the molecule is CCOC(=O)c1cc(CCCCl)cc([N+](=O)[O-])c1. The predicted octanol–water partition coefficient (Wildman–Crippen LogP) is 2.94. The first-order valence-electron chi connectivity index (χ1n) is 5.60. The molecule has 0 aliphatic heterocycles. The molecular formula is C12H14ClNO4. The smallest absolute Gasteiger partial charge is 0.338 e. The van der Waals surface area contributed by atoms with Crippen molar-refractivity contribution >= 4 is 23.3 Å². The minimum Gasteiger partial charge on any atom is -0.462 e. The van der Waals surface area contributed by atoms with Crippen molar-refractivity contribution in [1.29, 1.82) is 0 Å². The Hall–Kier alpha value is -1.62. The summed E-state index contributed by atoms with van der Waals surface area (Å²) in [7, 11) is 0. The molecule has 6 heteroatoms. The molecule has 0 aromatic heterocycles. The molecule has 0 amide bonds. The van der Waals surface area contributed by atoms with E-state index in [1.165, 1.54) is 12.1 Å². The zero-order chi connectivity index (χ0) is 13.5. The summed E-state index contributed by atoms with van der Waals surface area (Å²) in [5.74, 6) is -0.0782. The van der Waals surface area contributed by atoms with Crippen LogP contribution in [0, 0.1) is 10.1 Å². The van der Waals surface area contributed by atoms with Crippen LogP contribution in [0.5, 0.6) is 0 Å². The highest BCUT2D eigenvalue weighted by atomic mass is 35.5. The molecule has 0 spiro atoms. The third kappa shape index (κ3) is 4.00. The number of aryl methyl sites for hydroxylation is 1. The summed E-state index contributed by atoms with van der Waals surface area (Å²) in [6.45, 7) is 1.92. The molecule has 0 heterocycles. The van der Waals surface area contributed by atoms with Crippen LogP contribution in [0.1, 0.15) is 29.3 Å². The predicted molar refractivity (Wildman–Crippen MR) is 68.1 cm³/mol. The third-order valence-electron chi connectivity index (χ3n) is 2.30. The summed E-state index contributed by atoms with van der Waals surface area (Å²) in [6, 6.07) is 4.29. The van der Waals surface area contributed by atoms with Gasteiger partial charge < -0.3 is 4.74 Å². The molecule has 0 atom stereocenters. The van der Waals surface area contributed by atoms with Crippen LogP contribution < -0.4 is 0 Å². The van der Waals surface area contributed by atoms with Crippen LogP contribution in [0.4, 0.5) is 5.69 Å². The van der Waals surface area contributed by atoms with E-state index in [2.05, 4.69) is 0 Å². The highest BCUT2D eigenvalue weighted by molar-refractivity contribution is 6.17. The number of alkyl halides is 1. The van der Waals surface area contributed by atoms with Gasteiger partial charge in [0.1, 0.15) is 0 Å². The lowest BCUT2D eigenvalue weighted by Crippen LogP contribution is -2.06. The molecule has 1 rings (SSSR count). The van der Waals surface area contributed by atoms with Gasteiger partial charge in [-0.1, -0.05) is 0 Å². The van der Waals surface area contributed by atoms with Crippen LogP contribution in [0.2, 0.25) is 0 Å². The average molecular weight is 272 g/mol. The van der Waals surface area contributed by atoms with Crippen molar-refractivity contribution in [2.75, 3.05) is 12.5 Å². The van der Waals surface area contributed by atoms with Crippen LogP contribution in [0.25, 0.3) is 0 Å². The maximum Gasteiger partial charge on any atom is 0.338 e. The summed E-state index contributed by atoms with van der Waals surface area (Å²) < 4.78 is 4.83.